The smallest absolute Gasteiger partial charge is 0.247 e. The second kappa shape index (κ2) is 9.66. The number of hydrogen-bond acceptors (Lipinski definition) is 5. The van der Waals surface area contributed by atoms with Gasteiger partial charge in [0.15, 0.2) is 0 Å². The molecule has 0 radical (unpaired) electrons. The van der Waals surface area contributed by atoms with Crippen molar-refractivity contribution < 1.29 is 9.52 Å². The Balaban J connectivity index is 1.44. The van der Waals surface area contributed by atoms with Crippen molar-refractivity contribution >= 4 is 0 Å². The average molecular weight is 424 g/mol. The number of aryl methyl sites for hydroxylation is 1. The maximum absolute atomic E-state index is 9.82. The lowest BCUT2D eigenvalue weighted by Crippen LogP contribution is -2.42. The van der Waals surface area contributed by atoms with E-state index in [1.54, 1.807) is 0 Å². The highest BCUT2D eigenvalue weighted by Gasteiger charge is 2.34. The van der Waals surface area contributed by atoms with Crippen LogP contribution in [0, 0.1) is 30.6 Å². The van der Waals surface area contributed by atoms with E-state index in [1.807, 2.05) is 12.1 Å². The number of aromatic nitrogens is 2. The highest BCUT2D eigenvalue weighted by Crippen LogP contribution is 2.39. The highest BCUT2D eigenvalue weighted by atomic mass is 16.4. The second-order valence-corrected chi connectivity index (χ2v) is 10.0. The molecule has 31 heavy (non-hydrogen) atoms. The minimum Gasteiger partial charge on any atom is -0.421 e. The summed E-state index contributed by atoms with van der Waals surface area (Å²) in [6.07, 6.45) is 6.21. The number of aliphatic hydroxyl groups excluding tert-OH is 1. The van der Waals surface area contributed by atoms with Crippen LogP contribution >= 0.6 is 0 Å². The zero-order valence-electron chi connectivity index (χ0n) is 19.4. The van der Waals surface area contributed by atoms with Gasteiger partial charge in [-0.25, -0.2) is 0 Å². The average Bonchev–Trinajstić information content (AvgIpc) is 3.20. The van der Waals surface area contributed by atoms with Gasteiger partial charge in [-0.2, -0.15) is 0 Å². The molecule has 1 aliphatic carbocycles. The molecule has 0 spiro atoms. The normalized spacial score (nSPS) is 25.7. The number of piperidine rings is 1. The quantitative estimate of drug-likeness (QED) is 0.670. The number of likely N-dealkylation sites (tertiary alicyclic amines) is 1. The molecule has 4 rings (SSSR count). The molecule has 1 fully saturated rings. The fourth-order valence-corrected chi connectivity index (χ4v) is 5.25. The number of hydrogen-bond donors (Lipinski definition) is 1. The van der Waals surface area contributed by atoms with Gasteiger partial charge in [-0.05, 0) is 68.9 Å². The molecule has 2 aromatic rings. The summed E-state index contributed by atoms with van der Waals surface area (Å²) in [7, 11) is 0. The Morgan fingerprint density at radius 3 is 2.48 bits per heavy atom. The van der Waals surface area contributed by atoms with E-state index in [-0.39, 0.29) is 6.10 Å². The summed E-state index contributed by atoms with van der Waals surface area (Å²) in [5, 5.41) is 18.5. The molecule has 3 atom stereocenters. The first-order valence-electron chi connectivity index (χ1n) is 11.9. The fraction of sp³-hybridized carbons (Fsp3) is 0.615. The molecule has 5 nitrogen and oxygen atoms in total. The molecule has 0 unspecified atom stereocenters. The van der Waals surface area contributed by atoms with E-state index in [2.05, 4.69) is 61.0 Å². The molecule has 1 aromatic carbocycles. The zero-order valence-corrected chi connectivity index (χ0v) is 19.4. The van der Waals surface area contributed by atoms with Gasteiger partial charge >= 0.3 is 0 Å². The molecule has 2 heterocycles. The van der Waals surface area contributed by atoms with Crippen LogP contribution in [0.5, 0.6) is 0 Å². The highest BCUT2D eigenvalue weighted by molar-refractivity contribution is 5.52. The summed E-state index contributed by atoms with van der Waals surface area (Å²) < 4.78 is 6.03. The van der Waals surface area contributed by atoms with Crippen molar-refractivity contribution in [2.24, 2.45) is 23.7 Å². The zero-order chi connectivity index (χ0) is 22.0. The van der Waals surface area contributed by atoms with Crippen LogP contribution in [0.3, 0.4) is 0 Å². The first-order valence-corrected chi connectivity index (χ1v) is 11.9. The van der Waals surface area contributed by atoms with Gasteiger partial charge in [0.1, 0.15) is 0 Å². The van der Waals surface area contributed by atoms with Gasteiger partial charge in [-0.3, -0.25) is 0 Å². The van der Waals surface area contributed by atoms with Crippen molar-refractivity contribution in [3.8, 4) is 11.5 Å². The van der Waals surface area contributed by atoms with Crippen LogP contribution < -0.4 is 0 Å². The van der Waals surface area contributed by atoms with Crippen molar-refractivity contribution in [3.05, 3.63) is 47.4 Å². The van der Waals surface area contributed by atoms with E-state index in [0.29, 0.717) is 29.6 Å². The predicted molar refractivity (Wildman–Crippen MR) is 124 cm³/mol. The minimum absolute atomic E-state index is 0.107. The second-order valence-electron chi connectivity index (χ2n) is 10.0. The lowest BCUT2D eigenvalue weighted by molar-refractivity contribution is 0.0670. The number of aliphatic hydroxyl groups is 1. The maximum Gasteiger partial charge on any atom is 0.247 e. The summed E-state index contributed by atoms with van der Waals surface area (Å²) in [5.41, 5.74) is 3.66. The number of allylic oxidation sites excluding steroid dienone is 1. The molecule has 168 valence electrons. The monoisotopic (exact) mass is 423 g/mol. The molecule has 1 saturated heterocycles. The van der Waals surface area contributed by atoms with Crippen LogP contribution in [0.15, 0.2) is 40.3 Å². The number of rotatable bonds is 6. The van der Waals surface area contributed by atoms with Gasteiger partial charge in [-0.15, -0.1) is 10.2 Å². The fourth-order valence-electron chi connectivity index (χ4n) is 5.25. The Bertz CT molecular complexity index is 878. The van der Waals surface area contributed by atoms with Crippen molar-refractivity contribution in [3.63, 3.8) is 0 Å². The Kier molecular flexibility index (Phi) is 6.92. The predicted octanol–water partition coefficient (Wildman–Crippen LogP) is 4.90. The topological polar surface area (TPSA) is 62.4 Å². The van der Waals surface area contributed by atoms with Crippen LogP contribution in [-0.4, -0.2) is 45.9 Å². The molecule has 0 amide bonds. The Labute approximate surface area is 186 Å². The van der Waals surface area contributed by atoms with Gasteiger partial charge in [0.2, 0.25) is 11.8 Å². The lowest BCUT2D eigenvalue weighted by atomic mass is 9.69. The Morgan fingerprint density at radius 1 is 1.10 bits per heavy atom. The first kappa shape index (κ1) is 22.2. The van der Waals surface area contributed by atoms with Gasteiger partial charge in [0, 0.05) is 31.6 Å². The van der Waals surface area contributed by atoms with Gasteiger partial charge < -0.3 is 14.4 Å². The third-order valence-corrected chi connectivity index (χ3v) is 7.30. The van der Waals surface area contributed by atoms with E-state index < -0.39 is 0 Å². The van der Waals surface area contributed by atoms with Crippen molar-refractivity contribution in [1.29, 1.82) is 0 Å². The molecule has 0 saturated carbocycles. The molecule has 1 aliphatic heterocycles. The summed E-state index contributed by atoms with van der Waals surface area (Å²) in [4.78, 5) is 2.54. The summed E-state index contributed by atoms with van der Waals surface area (Å²) in [6, 6.07) is 8.22. The van der Waals surface area contributed by atoms with Gasteiger partial charge in [0.05, 0.1) is 6.10 Å². The third-order valence-electron chi connectivity index (χ3n) is 7.30. The van der Waals surface area contributed by atoms with Crippen LogP contribution in [0.25, 0.3) is 11.5 Å². The van der Waals surface area contributed by atoms with Crippen molar-refractivity contribution in [2.45, 2.75) is 59.5 Å². The molecule has 0 bridgehead atoms. The van der Waals surface area contributed by atoms with E-state index >= 15 is 0 Å². The van der Waals surface area contributed by atoms with E-state index in [9.17, 15) is 5.11 Å². The molecule has 5 heteroatoms. The Morgan fingerprint density at radius 2 is 1.81 bits per heavy atom. The van der Waals surface area contributed by atoms with E-state index in [4.69, 9.17) is 4.42 Å². The first-order chi connectivity index (χ1) is 14.9. The summed E-state index contributed by atoms with van der Waals surface area (Å²) in [5.74, 6) is 3.67. The third kappa shape index (κ3) is 5.45. The summed E-state index contributed by atoms with van der Waals surface area (Å²) in [6.45, 7) is 12.2. The standard InChI is InChI=1S/C26H37N3O2/c1-17(2)24-14-21(19(4)13-22(24)16-29-11-9-23(30)10-12-29)15-25-27-28-26(31-25)20-7-5-18(3)6-8-20/h5-8,13,17,21-24,30H,9-12,14-16H2,1-4H3/t21-,22-,24-/m0/s1. The molecular weight excluding hydrogens is 386 g/mol. The van der Waals surface area contributed by atoms with Crippen LogP contribution in [0.2, 0.25) is 0 Å². The van der Waals surface area contributed by atoms with E-state index in [1.165, 1.54) is 17.6 Å². The molecule has 2 aliphatic rings. The minimum atomic E-state index is -0.107. The molecule has 1 N–H and O–H groups in total. The molecular formula is C26H37N3O2. The van der Waals surface area contributed by atoms with Crippen molar-refractivity contribution in [1.82, 2.24) is 15.1 Å². The Hall–Kier alpha value is -1.98. The van der Waals surface area contributed by atoms with E-state index in [0.717, 1.165) is 50.4 Å². The number of benzene rings is 1. The van der Waals surface area contributed by atoms with Gasteiger partial charge in [-0.1, -0.05) is 43.2 Å². The largest absolute Gasteiger partial charge is 0.421 e. The number of nitrogens with zero attached hydrogens (tertiary/aromatic N) is 3. The maximum atomic E-state index is 9.82. The lowest BCUT2D eigenvalue weighted by Gasteiger charge is -2.40. The van der Waals surface area contributed by atoms with Crippen LogP contribution in [0.1, 0.15) is 51.5 Å². The summed E-state index contributed by atoms with van der Waals surface area (Å²) >= 11 is 0. The van der Waals surface area contributed by atoms with Crippen LogP contribution in [0.4, 0.5) is 0 Å². The van der Waals surface area contributed by atoms with Crippen molar-refractivity contribution in [2.75, 3.05) is 19.6 Å². The van der Waals surface area contributed by atoms with Crippen LogP contribution in [-0.2, 0) is 6.42 Å². The SMILES string of the molecule is CC1=C[C@@H](CN2CCC(O)CC2)[C@H](C(C)C)C[C@H]1Cc1nnc(-c2ccc(C)cc2)o1. The molecule has 1 aromatic heterocycles. The van der Waals surface area contributed by atoms with Gasteiger partial charge in [0.25, 0.3) is 0 Å².